The van der Waals surface area contributed by atoms with E-state index in [1.807, 2.05) is 0 Å². The molecule has 3 nitrogen and oxygen atoms in total. The van der Waals surface area contributed by atoms with Crippen molar-refractivity contribution in [2.24, 2.45) is 0 Å². The van der Waals surface area contributed by atoms with Crippen LogP contribution in [-0.2, 0) is 4.74 Å². The number of halogens is 1. The van der Waals surface area contributed by atoms with Gasteiger partial charge in [0.1, 0.15) is 11.6 Å². The van der Waals surface area contributed by atoms with Gasteiger partial charge < -0.3 is 14.8 Å². The fraction of sp³-hybridized carbons (Fsp3) is 0.455. The molecule has 1 aromatic rings. The fourth-order valence-electron chi connectivity index (χ4n) is 1.66. The molecule has 1 aromatic carbocycles. The standard InChI is InChI=1S/C11H14FNO2/c1-14-8-2-3-9(10(12)6-8)11-7-13-4-5-15-11/h2-3,6,11,13H,4-5,7H2,1H3/t11-/m1/s1. The predicted octanol–water partition coefficient (Wildman–Crippen LogP) is 1.50. The molecular formula is C11H14FNO2. The highest BCUT2D eigenvalue weighted by Gasteiger charge is 2.19. The minimum atomic E-state index is -0.275. The molecule has 82 valence electrons. The summed E-state index contributed by atoms with van der Waals surface area (Å²) in [5, 5.41) is 3.17. The van der Waals surface area contributed by atoms with Crippen LogP contribution in [0.15, 0.2) is 18.2 Å². The minimum absolute atomic E-state index is 0.190. The van der Waals surface area contributed by atoms with Gasteiger partial charge in [-0.25, -0.2) is 4.39 Å². The van der Waals surface area contributed by atoms with Crippen molar-refractivity contribution >= 4 is 0 Å². The lowest BCUT2D eigenvalue weighted by Crippen LogP contribution is -2.33. The molecule has 0 aromatic heterocycles. The quantitative estimate of drug-likeness (QED) is 0.804. The highest BCUT2D eigenvalue weighted by Crippen LogP contribution is 2.24. The van der Waals surface area contributed by atoms with E-state index in [0.29, 0.717) is 24.5 Å². The highest BCUT2D eigenvalue weighted by molar-refractivity contribution is 5.30. The number of morpholine rings is 1. The van der Waals surface area contributed by atoms with Crippen LogP contribution < -0.4 is 10.1 Å². The van der Waals surface area contributed by atoms with E-state index in [-0.39, 0.29) is 11.9 Å². The summed E-state index contributed by atoms with van der Waals surface area (Å²) < 4.78 is 24.0. The average Bonchev–Trinajstić information content (AvgIpc) is 2.30. The molecule has 0 saturated carbocycles. The summed E-state index contributed by atoms with van der Waals surface area (Å²) in [5.41, 5.74) is 0.586. The maximum atomic E-state index is 13.6. The summed E-state index contributed by atoms with van der Waals surface area (Å²) in [6.45, 7) is 2.10. The number of rotatable bonds is 2. The molecule has 2 rings (SSSR count). The molecule has 0 radical (unpaired) electrons. The fourth-order valence-corrected chi connectivity index (χ4v) is 1.66. The van der Waals surface area contributed by atoms with Gasteiger partial charge in [0, 0.05) is 24.7 Å². The summed E-state index contributed by atoms with van der Waals surface area (Å²) in [4.78, 5) is 0. The zero-order valence-corrected chi connectivity index (χ0v) is 8.63. The van der Waals surface area contributed by atoms with Crippen molar-refractivity contribution in [3.63, 3.8) is 0 Å². The normalized spacial score (nSPS) is 21.3. The molecule has 1 aliphatic heterocycles. The smallest absolute Gasteiger partial charge is 0.132 e. The van der Waals surface area contributed by atoms with Crippen molar-refractivity contribution in [3.8, 4) is 5.75 Å². The predicted molar refractivity (Wildman–Crippen MR) is 54.5 cm³/mol. The Bertz CT molecular complexity index is 337. The monoisotopic (exact) mass is 211 g/mol. The molecule has 4 heteroatoms. The van der Waals surface area contributed by atoms with Gasteiger partial charge in [-0.2, -0.15) is 0 Å². The van der Waals surface area contributed by atoms with Crippen LogP contribution in [0.25, 0.3) is 0 Å². The molecule has 0 unspecified atom stereocenters. The topological polar surface area (TPSA) is 30.5 Å². The molecule has 15 heavy (non-hydrogen) atoms. The van der Waals surface area contributed by atoms with E-state index < -0.39 is 0 Å². The molecule has 0 spiro atoms. The molecule has 1 N–H and O–H groups in total. The summed E-state index contributed by atoms with van der Waals surface area (Å²) in [6.07, 6.45) is -0.190. The molecule has 1 fully saturated rings. The average molecular weight is 211 g/mol. The van der Waals surface area contributed by atoms with E-state index in [9.17, 15) is 4.39 Å². The number of ether oxygens (including phenoxy) is 2. The molecule has 1 atom stereocenters. The Morgan fingerprint density at radius 1 is 1.53 bits per heavy atom. The van der Waals surface area contributed by atoms with Gasteiger partial charge in [0.15, 0.2) is 0 Å². The van der Waals surface area contributed by atoms with Crippen LogP contribution in [0.4, 0.5) is 4.39 Å². The SMILES string of the molecule is COc1ccc([C@H]2CNCCO2)c(F)c1. The Morgan fingerprint density at radius 2 is 2.40 bits per heavy atom. The lowest BCUT2D eigenvalue weighted by molar-refractivity contribution is 0.0255. The van der Waals surface area contributed by atoms with Crippen LogP contribution in [0.5, 0.6) is 5.75 Å². The Balaban J connectivity index is 2.19. The first-order chi connectivity index (χ1) is 7.31. The Labute approximate surface area is 88.2 Å². The first-order valence-corrected chi connectivity index (χ1v) is 4.97. The second kappa shape index (κ2) is 4.59. The van der Waals surface area contributed by atoms with Gasteiger partial charge >= 0.3 is 0 Å². The van der Waals surface area contributed by atoms with Gasteiger partial charge in [0.25, 0.3) is 0 Å². The third-order valence-corrected chi connectivity index (χ3v) is 2.48. The number of hydrogen-bond donors (Lipinski definition) is 1. The van der Waals surface area contributed by atoms with E-state index in [1.54, 1.807) is 12.1 Å². The van der Waals surface area contributed by atoms with Crippen LogP contribution in [0.3, 0.4) is 0 Å². The summed E-state index contributed by atoms with van der Waals surface area (Å²) >= 11 is 0. The Morgan fingerprint density at radius 3 is 3.00 bits per heavy atom. The van der Waals surface area contributed by atoms with E-state index in [0.717, 1.165) is 6.54 Å². The third-order valence-electron chi connectivity index (χ3n) is 2.48. The number of methoxy groups -OCH3 is 1. The van der Waals surface area contributed by atoms with Crippen LogP contribution in [0.2, 0.25) is 0 Å². The minimum Gasteiger partial charge on any atom is -0.497 e. The lowest BCUT2D eigenvalue weighted by Gasteiger charge is -2.24. The first-order valence-electron chi connectivity index (χ1n) is 4.97. The van der Waals surface area contributed by atoms with Crippen LogP contribution in [0, 0.1) is 5.82 Å². The molecule has 1 heterocycles. The van der Waals surface area contributed by atoms with Crippen molar-refractivity contribution in [3.05, 3.63) is 29.6 Å². The lowest BCUT2D eigenvalue weighted by atomic mass is 10.1. The van der Waals surface area contributed by atoms with Gasteiger partial charge in [-0.05, 0) is 12.1 Å². The number of nitrogens with one attached hydrogen (secondary N) is 1. The van der Waals surface area contributed by atoms with Gasteiger partial charge in [0.2, 0.25) is 0 Å². The number of benzene rings is 1. The van der Waals surface area contributed by atoms with Crippen molar-refractivity contribution in [1.82, 2.24) is 5.32 Å². The maximum Gasteiger partial charge on any atom is 0.132 e. The molecule has 0 bridgehead atoms. The van der Waals surface area contributed by atoms with E-state index >= 15 is 0 Å². The van der Waals surface area contributed by atoms with Crippen molar-refractivity contribution in [2.75, 3.05) is 26.8 Å². The van der Waals surface area contributed by atoms with Crippen molar-refractivity contribution in [1.29, 1.82) is 0 Å². The molecular weight excluding hydrogens is 197 g/mol. The zero-order chi connectivity index (χ0) is 10.7. The second-order valence-corrected chi connectivity index (χ2v) is 3.45. The van der Waals surface area contributed by atoms with Gasteiger partial charge in [-0.1, -0.05) is 0 Å². The maximum absolute atomic E-state index is 13.6. The van der Waals surface area contributed by atoms with Crippen LogP contribution in [-0.4, -0.2) is 26.8 Å². The summed E-state index contributed by atoms with van der Waals surface area (Å²) in [7, 11) is 1.52. The molecule has 0 amide bonds. The molecule has 1 aliphatic rings. The molecule has 1 saturated heterocycles. The third kappa shape index (κ3) is 2.27. The number of hydrogen-bond acceptors (Lipinski definition) is 3. The van der Waals surface area contributed by atoms with Crippen LogP contribution in [0.1, 0.15) is 11.7 Å². The van der Waals surface area contributed by atoms with Gasteiger partial charge in [0.05, 0.1) is 19.8 Å². The van der Waals surface area contributed by atoms with E-state index in [2.05, 4.69) is 5.32 Å². The second-order valence-electron chi connectivity index (χ2n) is 3.45. The zero-order valence-electron chi connectivity index (χ0n) is 8.63. The highest BCUT2D eigenvalue weighted by atomic mass is 19.1. The van der Waals surface area contributed by atoms with E-state index in [4.69, 9.17) is 9.47 Å². The summed E-state index contributed by atoms with van der Waals surface area (Å²) in [6, 6.07) is 4.84. The van der Waals surface area contributed by atoms with Gasteiger partial charge in [-0.3, -0.25) is 0 Å². The van der Waals surface area contributed by atoms with Crippen molar-refractivity contribution in [2.45, 2.75) is 6.10 Å². The van der Waals surface area contributed by atoms with Crippen molar-refractivity contribution < 1.29 is 13.9 Å². The summed E-state index contributed by atoms with van der Waals surface area (Å²) in [5.74, 6) is 0.253. The Hall–Kier alpha value is -1.13. The largest absolute Gasteiger partial charge is 0.497 e. The molecule has 0 aliphatic carbocycles. The van der Waals surface area contributed by atoms with Gasteiger partial charge in [-0.15, -0.1) is 0 Å². The Kier molecular flexibility index (Phi) is 3.18. The van der Waals surface area contributed by atoms with Crippen LogP contribution >= 0.6 is 0 Å². The first kappa shape index (κ1) is 10.4. The van der Waals surface area contributed by atoms with E-state index in [1.165, 1.54) is 13.2 Å².